The largest absolute Gasteiger partial charge is 0.447 e. The summed E-state index contributed by atoms with van der Waals surface area (Å²) in [7, 11) is 0. The Morgan fingerprint density at radius 1 is 1.29 bits per heavy atom. The quantitative estimate of drug-likeness (QED) is 0.907. The van der Waals surface area contributed by atoms with Crippen molar-refractivity contribution in [1.82, 2.24) is 10.2 Å². The molecule has 2 aliphatic heterocycles. The number of hydrogen-bond donors (Lipinski definition) is 1. The first-order valence-electron chi connectivity index (χ1n) is 8.79. The van der Waals surface area contributed by atoms with Gasteiger partial charge in [-0.25, -0.2) is 4.79 Å². The molecular formula is C19H24N2O3. The Morgan fingerprint density at radius 2 is 2.04 bits per heavy atom. The zero-order chi connectivity index (χ0) is 16.8. The smallest absolute Gasteiger partial charge is 0.407 e. The zero-order valence-electron chi connectivity index (χ0n) is 14.1. The van der Waals surface area contributed by atoms with Gasteiger partial charge in [0.05, 0.1) is 5.54 Å². The maximum absolute atomic E-state index is 12.9. The Labute approximate surface area is 142 Å². The SMILES string of the molecule is CC1(c2ccccc2)CCCN(C(=O)C2CC3(COC(=O)N3)C2)C1. The zero-order valence-corrected chi connectivity index (χ0v) is 14.1. The maximum Gasteiger partial charge on any atom is 0.407 e. The van der Waals surface area contributed by atoms with Crippen LogP contribution in [0.5, 0.6) is 0 Å². The van der Waals surface area contributed by atoms with Crippen LogP contribution in [0.25, 0.3) is 0 Å². The van der Waals surface area contributed by atoms with Crippen molar-refractivity contribution in [2.45, 2.75) is 43.6 Å². The third kappa shape index (κ3) is 2.56. The molecule has 5 heteroatoms. The number of rotatable bonds is 2. The molecule has 0 radical (unpaired) electrons. The molecule has 4 rings (SSSR count). The first kappa shape index (κ1) is 15.5. The van der Waals surface area contributed by atoms with Crippen molar-refractivity contribution in [2.24, 2.45) is 5.92 Å². The van der Waals surface area contributed by atoms with Crippen LogP contribution < -0.4 is 5.32 Å². The van der Waals surface area contributed by atoms with Crippen LogP contribution in [0.2, 0.25) is 0 Å². The van der Waals surface area contributed by atoms with E-state index < -0.39 is 0 Å². The van der Waals surface area contributed by atoms with Gasteiger partial charge in [-0.3, -0.25) is 4.79 Å². The Hall–Kier alpha value is -2.04. The molecule has 0 bridgehead atoms. The summed E-state index contributed by atoms with van der Waals surface area (Å²) in [6.45, 7) is 4.28. The van der Waals surface area contributed by atoms with E-state index in [1.54, 1.807) is 0 Å². The molecule has 1 unspecified atom stereocenters. The number of hydrogen-bond acceptors (Lipinski definition) is 3. The highest BCUT2D eigenvalue weighted by molar-refractivity contribution is 5.81. The summed E-state index contributed by atoms with van der Waals surface area (Å²) in [5.41, 5.74) is 1.06. The minimum atomic E-state index is -0.351. The number of likely N-dealkylation sites (tertiary alicyclic amines) is 1. The van der Waals surface area contributed by atoms with Gasteiger partial charge >= 0.3 is 6.09 Å². The van der Waals surface area contributed by atoms with E-state index in [2.05, 4.69) is 36.5 Å². The van der Waals surface area contributed by atoms with Crippen molar-refractivity contribution in [1.29, 1.82) is 0 Å². The van der Waals surface area contributed by atoms with Gasteiger partial charge in [0.15, 0.2) is 0 Å². The monoisotopic (exact) mass is 328 g/mol. The predicted molar refractivity (Wildman–Crippen MR) is 89.5 cm³/mol. The number of cyclic esters (lactones) is 1. The fraction of sp³-hybridized carbons (Fsp3) is 0.579. The van der Waals surface area contributed by atoms with Gasteiger partial charge in [0.25, 0.3) is 0 Å². The standard InChI is InChI=1S/C19H24N2O3/c1-18(15-6-3-2-4-7-15)8-5-9-21(12-18)16(22)14-10-19(11-14)13-24-17(23)20-19/h2-4,6-7,14H,5,8-13H2,1H3,(H,20,23). The number of ether oxygens (including phenoxy) is 1. The minimum absolute atomic E-state index is 0.0186. The number of carbonyl (C=O) groups excluding carboxylic acids is 2. The lowest BCUT2D eigenvalue weighted by Crippen LogP contribution is -2.59. The minimum Gasteiger partial charge on any atom is -0.447 e. The Balaban J connectivity index is 1.42. The summed E-state index contributed by atoms with van der Waals surface area (Å²) in [6.07, 6.45) is 3.20. The van der Waals surface area contributed by atoms with Crippen molar-refractivity contribution < 1.29 is 14.3 Å². The molecule has 0 aromatic heterocycles. The van der Waals surface area contributed by atoms with Crippen LogP contribution in [0.3, 0.4) is 0 Å². The molecule has 3 fully saturated rings. The summed E-state index contributed by atoms with van der Waals surface area (Å²) < 4.78 is 5.00. The highest BCUT2D eigenvalue weighted by atomic mass is 16.6. The molecule has 1 saturated carbocycles. The van der Waals surface area contributed by atoms with Gasteiger partial charge in [-0.05, 0) is 31.2 Å². The summed E-state index contributed by atoms with van der Waals surface area (Å²) in [6, 6.07) is 10.5. The molecule has 1 N–H and O–H groups in total. The molecule has 3 aliphatic rings. The summed E-state index contributed by atoms with van der Waals surface area (Å²) >= 11 is 0. The van der Waals surface area contributed by atoms with Crippen LogP contribution in [0.4, 0.5) is 4.79 Å². The molecule has 1 aromatic rings. The van der Waals surface area contributed by atoms with Crippen LogP contribution >= 0.6 is 0 Å². The molecule has 1 spiro atoms. The second-order valence-electron chi connectivity index (χ2n) is 7.88. The van der Waals surface area contributed by atoms with Gasteiger partial charge in [-0.2, -0.15) is 0 Å². The molecule has 1 aliphatic carbocycles. The Bertz CT molecular complexity index is 654. The van der Waals surface area contributed by atoms with Crippen molar-refractivity contribution in [3.8, 4) is 0 Å². The van der Waals surface area contributed by atoms with Gasteiger partial charge in [0.1, 0.15) is 6.61 Å². The normalized spacial score (nSPS) is 35.3. The van der Waals surface area contributed by atoms with Gasteiger partial charge < -0.3 is 15.0 Å². The molecule has 1 atom stereocenters. The van der Waals surface area contributed by atoms with Crippen molar-refractivity contribution in [3.63, 3.8) is 0 Å². The average molecular weight is 328 g/mol. The van der Waals surface area contributed by atoms with Crippen LogP contribution in [-0.2, 0) is 14.9 Å². The van der Waals surface area contributed by atoms with E-state index in [4.69, 9.17) is 4.74 Å². The fourth-order valence-corrected chi connectivity index (χ4v) is 4.53. The molecule has 1 aromatic carbocycles. The number of carbonyl (C=O) groups is 2. The highest BCUT2D eigenvalue weighted by Crippen LogP contribution is 2.43. The summed E-state index contributed by atoms with van der Waals surface area (Å²) in [5, 5.41) is 2.86. The molecule has 128 valence electrons. The molecule has 5 nitrogen and oxygen atoms in total. The van der Waals surface area contributed by atoms with Crippen molar-refractivity contribution in [2.75, 3.05) is 19.7 Å². The molecule has 2 saturated heterocycles. The fourth-order valence-electron chi connectivity index (χ4n) is 4.53. The van der Waals surface area contributed by atoms with Crippen LogP contribution in [0, 0.1) is 5.92 Å². The third-order valence-electron chi connectivity index (χ3n) is 5.95. The molecule has 2 heterocycles. The van der Waals surface area contributed by atoms with E-state index in [9.17, 15) is 9.59 Å². The van der Waals surface area contributed by atoms with E-state index in [0.29, 0.717) is 19.4 Å². The first-order chi connectivity index (χ1) is 11.5. The predicted octanol–water partition coefficient (Wildman–Crippen LogP) is 2.46. The van der Waals surface area contributed by atoms with Crippen LogP contribution in [0.15, 0.2) is 30.3 Å². The topological polar surface area (TPSA) is 58.6 Å². The number of alkyl carbamates (subject to hydrolysis) is 1. The lowest BCUT2D eigenvalue weighted by molar-refractivity contribution is -0.143. The Kier molecular flexibility index (Phi) is 3.55. The van der Waals surface area contributed by atoms with Gasteiger partial charge in [0.2, 0.25) is 5.91 Å². The van der Waals surface area contributed by atoms with Gasteiger partial charge in [-0.1, -0.05) is 37.3 Å². The lowest BCUT2D eigenvalue weighted by Gasteiger charge is -2.47. The van der Waals surface area contributed by atoms with Crippen molar-refractivity contribution >= 4 is 12.0 Å². The molecule has 24 heavy (non-hydrogen) atoms. The summed E-state index contributed by atoms with van der Waals surface area (Å²) in [4.78, 5) is 26.2. The molecular weight excluding hydrogens is 304 g/mol. The van der Waals surface area contributed by atoms with Crippen LogP contribution in [-0.4, -0.2) is 42.1 Å². The number of benzene rings is 1. The number of nitrogens with one attached hydrogen (secondary N) is 1. The first-order valence-corrected chi connectivity index (χ1v) is 8.79. The van der Waals surface area contributed by atoms with E-state index in [1.165, 1.54) is 5.56 Å². The van der Waals surface area contributed by atoms with E-state index in [1.807, 2.05) is 11.0 Å². The van der Waals surface area contributed by atoms with E-state index in [-0.39, 0.29) is 28.9 Å². The van der Waals surface area contributed by atoms with E-state index >= 15 is 0 Å². The highest BCUT2D eigenvalue weighted by Gasteiger charge is 2.53. The van der Waals surface area contributed by atoms with Crippen LogP contribution in [0.1, 0.15) is 38.2 Å². The lowest BCUT2D eigenvalue weighted by atomic mass is 9.68. The average Bonchev–Trinajstić information content (AvgIpc) is 2.96. The maximum atomic E-state index is 12.9. The van der Waals surface area contributed by atoms with Crippen molar-refractivity contribution in [3.05, 3.63) is 35.9 Å². The number of piperidine rings is 1. The van der Waals surface area contributed by atoms with Gasteiger partial charge in [-0.15, -0.1) is 0 Å². The second kappa shape index (κ2) is 5.50. The van der Waals surface area contributed by atoms with Gasteiger partial charge in [0, 0.05) is 24.4 Å². The summed E-state index contributed by atoms with van der Waals surface area (Å²) in [5.74, 6) is 0.258. The number of amides is 2. The second-order valence-corrected chi connectivity index (χ2v) is 7.88. The molecule has 2 amide bonds. The third-order valence-corrected chi connectivity index (χ3v) is 5.95. The van der Waals surface area contributed by atoms with E-state index in [0.717, 1.165) is 25.9 Å². The Morgan fingerprint density at radius 3 is 2.71 bits per heavy atom. The number of nitrogens with zero attached hydrogens (tertiary/aromatic N) is 1.